The van der Waals surface area contributed by atoms with E-state index in [0.717, 1.165) is 9.90 Å². The Morgan fingerprint density at radius 2 is 1.94 bits per heavy atom. The van der Waals surface area contributed by atoms with Crippen LogP contribution in [0.3, 0.4) is 0 Å². The van der Waals surface area contributed by atoms with Gasteiger partial charge in [-0.3, -0.25) is 0 Å². The molecular formula is C15H16ClNS. The molecule has 94 valence electrons. The second-order valence-electron chi connectivity index (χ2n) is 5.11. The van der Waals surface area contributed by atoms with Gasteiger partial charge in [0, 0.05) is 16.3 Å². The molecule has 1 saturated carbocycles. The van der Waals surface area contributed by atoms with Crippen molar-refractivity contribution < 1.29 is 0 Å². The molecule has 1 atom stereocenters. The summed E-state index contributed by atoms with van der Waals surface area (Å²) in [7, 11) is 0. The number of hydrogen-bond donors (Lipinski definition) is 1. The Hall–Kier alpha value is -0.830. The van der Waals surface area contributed by atoms with Gasteiger partial charge in [-0.25, -0.2) is 0 Å². The molecule has 1 aromatic heterocycles. The van der Waals surface area contributed by atoms with E-state index in [0.29, 0.717) is 0 Å². The van der Waals surface area contributed by atoms with E-state index in [9.17, 15) is 0 Å². The topological polar surface area (TPSA) is 26.0 Å². The lowest BCUT2D eigenvalue weighted by Crippen LogP contribution is -2.25. The monoisotopic (exact) mass is 277 g/mol. The van der Waals surface area contributed by atoms with Gasteiger partial charge >= 0.3 is 0 Å². The Morgan fingerprint density at radius 3 is 2.44 bits per heavy atom. The molecule has 18 heavy (non-hydrogen) atoms. The molecule has 1 aliphatic carbocycles. The molecule has 1 nitrogen and oxygen atoms in total. The van der Waals surface area contributed by atoms with E-state index in [-0.39, 0.29) is 11.5 Å². The smallest absolute Gasteiger partial charge is 0.0960 e. The van der Waals surface area contributed by atoms with Crippen molar-refractivity contribution >= 4 is 22.9 Å². The molecule has 1 unspecified atom stereocenters. The summed E-state index contributed by atoms with van der Waals surface area (Å²) in [6, 6.07) is 12.8. The van der Waals surface area contributed by atoms with Crippen molar-refractivity contribution in [3.63, 3.8) is 0 Å². The van der Waals surface area contributed by atoms with E-state index in [4.69, 9.17) is 17.3 Å². The second kappa shape index (κ2) is 4.37. The Morgan fingerprint density at radius 1 is 1.28 bits per heavy atom. The van der Waals surface area contributed by atoms with Crippen molar-refractivity contribution in [3.05, 3.63) is 56.7 Å². The van der Waals surface area contributed by atoms with E-state index in [1.807, 2.05) is 6.92 Å². The molecule has 2 aromatic rings. The number of aryl methyl sites for hydroxylation is 1. The standard InChI is InChI=1S/C15H16ClNS/c1-10-9-12(18-14(10)16)13(17)15(7-8-15)11-5-3-2-4-6-11/h2-6,9,13H,7-8,17H2,1H3. The third-order valence-corrected chi connectivity index (χ3v) is 5.55. The van der Waals surface area contributed by atoms with Gasteiger partial charge in [0.1, 0.15) is 0 Å². The van der Waals surface area contributed by atoms with Crippen LogP contribution in [-0.4, -0.2) is 0 Å². The summed E-state index contributed by atoms with van der Waals surface area (Å²) < 4.78 is 0.865. The van der Waals surface area contributed by atoms with E-state index in [2.05, 4.69) is 36.4 Å². The largest absolute Gasteiger partial charge is 0.323 e. The first kappa shape index (κ1) is 12.2. The maximum absolute atomic E-state index is 6.50. The van der Waals surface area contributed by atoms with Crippen LogP contribution in [0.25, 0.3) is 0 Å². The van der Waals surface area contributed by atoms with E-state index >= 15 is 0 Å². The predicted molar refractivity (Wildman–Crippen MR) is 78.3 cm³/mol. The fourth-order valence-electron chi connectivity index (χ4n) is 2.59. The first-order chi connectivity index (χ1) is 8.63. The average Bonchev–Trinajstić information content (AvgIpc) is 3.13. The number of halogens is 1. The van der Waals surface area contributed by atoms with Crippen LogP contribution in [0, 0.1) is 6.92 Å². The third-order valence-electron chi connectivity index (χ3n) is 3.92. The lowest BCUT2D eigenvalue weighted by atomic mass is 9.87. The van der Waals surface area contributed by atoms with E-state index < -0.39 is 0 Å². The van der Waals surface area contributed by atoms with Crippen molar-refractivity contribution in [1.82, 2.24) is 0 Å². The molecule has 1 aromatic carbocycles. The fourth-order valence-corrected chi connectivity index (χ4v) is 3.93. The summed E-state index contributed by atoms with van der Waals surface area (Å²) in [6.07, 6.45) is 2.35. The number of thiophene rings is 1. The van der Waals surface area contributed by atoms with Gasteiger partial charge in [0.25, 0.3) is 0 Å². The normalized spacial score (nSPS) is 18.6. The number of nitrogens with two attached hydrogens (primary N) is 1. The highest BCUT2D eigenvalue weighted by molar-refractivity contribution is 7.16. The Kier molecular flexibility index (Phi) is 2.97. The number of hydrogen-bond acceptors (Lipinski definition) is 2. The summed E-state index contributed by atoms with van der Waals surface area (Å²) in [5, 5.41) is 0. The summed E-state index contributed by atoms with van der Waals surface area (Å²) in [5.41, 5.74) is 9.14. The first-order valence-electron chi connectivity index (χ1n) is 6.20. The van der Waals surface area contributed by atoms with Crippen LogP contribution < -0.4 is 5.73 Å². The van der Waals surface area contributed by atoms with Crippen LogP contribution in [0.15, 0.2) is 36.4 Å². The van der Waals surface area contributed by atoms with Crippen molar-refractivity contribution in [2.24, 2.45) is 5.73 Å². The minimum absolute atomic E-state index is 0.0658. The van der Waals surface area contributed by atoms with Gasteiger partial charge in [0.05, 0.1) is 4.34 Å². The summed E-state index contributed by atoms with van der Waals surface area (Å²) in [5.74, 6) is 0. The van der Waals surface area contributed by atoms with Crippen LogP contribution >= 0.6 is 22.9 Å². The molecule has 0 spiro atoms. The Bertz CT molecular complexity index is 538. The maximum atomic E-state index is 6.50. The zero-order chi connectivity index (χ0) is 12.8. The van der Waals surface area contributed by atoms with Gasteiger partial charge in [0.15, 0.2) is 0 Å². The molecule has 1 aliphatic rings. The molecule has 3 heteroatoms. The van der Waals surface area contributed by atoms with Gasteiger partial charge in [0.2, 0.25) is 0 Å². The number of benzene rings is 1. The molecule has 3 rings (SSSR count). The maximum Gasteiger partial charge on any atom is 0.0960 e. The van der Waals surface area contributed by atoms with E-state index in [1.54, 1.807) is 11.3 Å². The van der Waals surface area contributed by atoms with Gasteiger partial charge in [-0.1, -0.05) is 41.9 Å². The van der Waals surface area contributed by atoms with Crippen LogP contribution in [0.5, 0.6) is 0 Å². The van der Waals surface area contributed by atoms with Crippen LogP contribution in [0.2, 0.25) is 4.34 Å². The van der Waals surface area contributed by atoms with Gasteiger partial charge in [-0.05, 0) is 37.0 Å². The minimum atomic E-state index is 0.0658. The van der Waals surface area contributed by atoms with Crippen molar-refractivity contribution in [2.75, 3.05) is 0 Å². The van der Waals surface area contributed by atoms with Gasteiger partial charge in [-0.2, -0.15) is 0 Å². The first-order valence-corrected chi connectivity index (χ1v) is 7.40. The Balaban J connectivity index is 1.95. The molecule has 0 amide bonds. The highest BCUT2D eigenvalue weighted by Crippen LogP contribution is 2.56. The second-order valence-corrected chi connectivity index (χ2v) is 6.79. The molecule has 0 aliphatic heterocycles. The number of rotatable bonds is 3. The minimum Gasteiger partial charge on any atom is -0.323 e. The summed E-state index contributed by atoms with van der Waals surface area (Å²) >= 11 is 7.78. The fraction of sp³-hybridized carbons (Fsp3) is 0.333. The lowest BCUT2D eigenvalue weighted by molar-refractivity contribution is 0.549. The molecule has 0 bridgehead atoms. The molecule has 0 radical (unpaired) electrons. The van der Waals surface area contributed by atoms with Crippen LogP contribution in [0.4, 0.5) is 0 Å². The van der Waals surface area contributed by atoms with Gasteiger partial charge in [-0.15, -0.1) is 11.3 Å². The predicted octanol–water partition coefficient (Wildman–Crippen LogP) is 4.44. The summed E-state index contributed by atoms with van der Waals surface area (Å²) in [6.45, 7) is 2.04. The zero-order valence-corrected chi connectivity index (χ0v) is 11.9. The molecule has 1 heterocycles. The molecule has 0 saturated heterocycles. The average molecular weight is 278 g/mol. The highest BCUT2D eigenvalue weighted by Gasteiger charge is 2.50. The molecule has 1 fully saturated rings. The van der Waals surface area contributed by atoms with E-state index in [1.165, 1.54) is 23.3 Å². The quantitative estimate of drug-likeness (QED) is 0.882. The highest BCUT2D eigenvalue weighted by atomic mass is 35.5. The molecule has 2 N–H and O–H groups in total. The third kappa shape index (κ3) is 1.89. The summed E-state index contributed by atoms with van der Waals surface area (Å²) in [4.78, 5) is 1.21. The van der Waals surface area contributed by atoms with Gasteiger partial charge < -0.3 is 5.73 Å². The van der Waals surface area contributed by atoms with Crippen molar-refractivity contribution in [2.45, 2.75) is 31.2 Å². The van der Waals surface area contributed by atoms with Crippen LogP contribution in [0.1, 0.15) is 34.9 Å². The van der Waals surface area contributed by atoms with Crippen molar-refractivity contribution in [3.8, 4) is 0 Å². The zero-order valence-electron chi connectivity index (χ0n) is 10.3. The molecular weight excluding hydrogens is 262 g/mol. The SMILES string of the molecule is Cc1cc(C(N)C2(c3ccccc3)CC2)sc1Cl. The van der Waals surface area contributed by atoms with Crippen LogP contribution in [-0.2, 0) is 5.41 Å². The Labute approximate surface area is 117 Å². The lowest BCUT2D eigenvalue weighted by Gasteiger charge is -2.22. The van der Waals surface area contributed by atoms with Crippen molar-refractivity contribution in [1.29, 1.82) is 0 Å².